The third-order valence-electron chi connectivity index (χ3n) is 2.78. The predicted molar refractivity (Wildman–Crippen MR) is 69.3 cm³/mol. The summed E-state index contributed by atoms with van der Waals surface area (Å²) in [6, 6.07) is 5.52. The largest absolute Gasteiger partial charge is 0.456 e. The summed E-state index contributed by atoms with van der Waals surface area (Å²) in [5.41, 5.74) is -4.70. The summed E-state index contributed by atoms with van der Waals surface area (Å²) < 4.78 is 75.5. The highest BCUT2D eigenvalue weighted by Crippen LogP contribution is 2.77. The van der Waals surface area contributed by atoms with Gasteiger partial charge in [-0.25, -0.2) is 0 Å². The van der Waals surface area contributed by atoms with Crippen molar-refractivity contribution in [2.45, 2.75) is 23.7 Å². The average molecular weight is 328 g/mol. The summed E-state index contributed by atoms with van der Waals surface area (Å²) >= 11 is 0. The molecule has 1 aromatic carbocycles. The van der Waals surface area contributed by atoms with Crippen molar-refractivity contribution in [1.82, 2.24) is 0 Å². The molecule has 0 radical (unpaired) electrons. The maximum absolute atomic E-state index is 13.6. The number of halogens is 3. The van der Waals surface area contributed by atoms with Crippen molar-refractivity contribution in [2.75, 3.05) is 0 Å². The number of hydrogen-bond acceptors (Lipinski definition) is 3. The molecule has 1 aromatic rings. The zero-order valence-corrected chi connectivity index (χ0v) is 11.8. The molecular formula is C11H11F3O4S2. The number of allylic oxidation sites excluding steroid dienone is 1. The van der Waals surface area contributed by atoms with Gasteiger partial charge in [0.05, 0.1) is 0 Å². The Hall–Kier alpha value is -1.03. The first kappa shape index (κ1) is 15.4. The van der Waals surface area contributed by atoms with Crippen LogP contribution in [-0.4, -0.2) is 18.5 Å². The Labute approximate surface area is 115 Å². The topological polar surface area (TPSA) is 63.6 Å². The average Bonchev–Trinajstić information content (AvgIpc) is 2.62. The fourth-order valence-corrected chi connectivity index (χ4v) is 6.33. The smallest absolute Gasteiger partial charge is 0.263 e. The van der Waals surface area contributed by atoms with Crippen molar-refractivity contribution in [3.8, 4) is 0 Å². The third-order valence-corrected chi connectivity index (χ3v) is 7.07. The molecule has 1 atom stereocenters. The lowest BCUT2D eigenvalue weighted by Crippen LogP contribution is -2.25. The molecule has 1 aliphatic rings. The van der Waals surface area contributed by atoms with Crippen LogP contribution in [0.15, 0.2) is 34.1 Å². The van der Waals surface area contributed by atoms with Crippen molar-refractivity contribution in [3.63, 3.8) is 0 Å². The van der Waals surface area contributed by atoms with E-state index in [0.717, 1.165) is 0 Å². The summed E-state index contributed by atoms with van der Waals surface area (Å²) in [5, 5.41) is 0. The van der Waals surface area contributed by atoms with Crippen LogP contribution < -0.4 is 0 Å². The predicted octanol–water partition coefficient (Wildman–Crippen LogP) is 3.87. The molecule has 4 nitrogen and oxygen atoms in total. The van der Waals surface area contributed by atoms with Gasteiger partial charge in [0.15, 0.2) is 0 Å². The highest BCUT2D eigenvalue weighted by molar-refractivity contribution is 8.36. The van der Waals surface area contributed by atoms with E-state index >= 15 is 0 Å². The van der Waals surface area contributed by atoms with E-state index < -0.39 is 26.2 Å². The van der Waals surface area contributed by atoms with Gasteiger partial charge in [0, 0.05) is 20.1 Å². The number of fused-ring (bicyclic) bond motifs is 1. The first-order valence-electron chi connectivity index (χ1n) is 5.49. The van der Waals surface area contributed by atoms with Crippen molar-refractivity contribution >= 4 is 26.8 Å². The maximum atomic E-state index is 13.6. The molecule has 1 heterocycles. The van der Waals surface area contributed by atoms with Gasteiger partial charge in [0.25, 0.3) is 0 Å². The molecule has 0 amide bonds. The molecule has 1 N–H and O–H groups in total. The van der Waals surface area contributed by atoms with Gasteiger partial charge in [-0.15, -0.1) is 0 Å². The standard InChI is InChI=1S/C11H11F3O4S2/c1-2-9-7-8-5-3-4-6-10(8)19(9,11(12,13)14)18-20(15,16)17/h3-7H,2H2,1H3,(H,15,16,17). The minimum Gasteiger partial charge on any atom is -0.263 e. The Bertz CT molecular complexity index is 666. The Morgan fingerprint density at radius 1 is 1.30 bits per heavy atom. The molecule has 0 saturated heterocycles. The summed E-state index contributed by atoms with van der Waals surface area (Å²) in [7, 11) is -9.52. The first-order valence-corrected chi connectivity index (χ1v) is 8.42. The molecule has 20 heavy (non-hydrogen) atoms. The Balaban J connectivity index is 2.76. The normalized spacial score (nSPS) is 25.8. The lowest BCUT2D eigenvalue weighted by molar-refractivity contribution is -0.0432. The van der Waals surface area contributed by atoms with Gasteiger partial charge in [0.2, 0.25) is 0 Å². The number of benzene rings is 1. The van der Waals surface area contributed by atoms with E-state index in [-0.39, 0.29) is 21.8 Å². The monoisotopic (exact) mass is 328 g/mol. The minimum atomic E-state index is -5.26. The fraction of sp³-hybridized carbons (Fsp3) is 0.273. The van der Waals surface area contributed by atoms with Crippen molar-refractivity contribution in [3.05, 3.63) is 34.7 Å². The van der Waals surface area contributed by atoms with E-state index in [1.54, 1.807) is 6.07 Å². The van der Waals surface area contributed by atoms with Crippen LogP contribution >= 0.6 is 10.3 Å². The van der Waals surface area contributed by atoms with Gasteiger partial charge in [-0.1, -0.05) is 25.1 Å². The van der Waals surface area contributed by atoms with E-state index in [2.05, 4.69) is 3.63 Å². The first-order chi connectivity index (χ1) is 9.12. The van der Waals surface area contributed by atoms with Gasteiger partial charge >= 0.3 is 15.9 Å². The molecule has 0 bridgehead atoms. The highest BCUT2D eigenvalue weighted by Gasteiger charge is 2.60. The zero-order chi connectivity index (χ0) is 15.2. The van der Waals surface area contributed by atoms with Crippen LogP contribution in [0.25, 0.3) is 6.08 Å². The summed E-state index contributed by atoms with van der Waals surface area (Å²) in [6.45, 7) is 1.47. The van der Waals surface area contributed by atoms with Crippen LogP contribution in [-0.2, 0) is 14.0 Å². The van der Waals surface area contributed by atoms with E-state index in [1.165, 1.54) is 31.2 Å². The molecule has 0 spiro atoms. The molecule has 2 rings (SSSR count). The van der Waals surface area contributed by atoms with Crippen LogP contribution in [0, 0.1) is 0 Å². The van der Waals surface area contributed by atoms with Gasteiger partial charge in [0.1, 0.15) is 0 Å². The lowest BCUT2D eigenvalue weighted by Gasteiger charge is -2.37. The second-order valence-electron chi connectivity index (χ2n) is 4.00. The van der Waals surface area contributed by atoms with Crippen molar-refractivity contribution < 1.29 is 29.8 Å². The molecule has 1 aliphatic heterocycles. The third kappa shape index (κ3) is 2.34. The molecule has 0 fully saturated rings. The molecule has 0 aliphatic carbocycles. The molecule has 112 valence electrons. The SMILES string of the molecule is CCC1=Cc2ccccc2S1(OS(=O)(=O)O)C(F)(F)F. The van der Waals surface area contributed by atoms with E-state index in [1.807, 2.05) is 0 Å². The van der Waals surface area contributed by atoms with Crippen LogP contribution in [0.3, 0.4) is 0 Å². The van der Waals surface area contributed by atoms with E-state index in [4.69, 9.17) is 4.55 Å². The quantitative estimate of drug-likeness (QED) is 0.856. The Morgan fingerprint density at radius 3 is 2.40 bits per heavy atom. The van der Waals surface area contributed by atoms with E-state index in [9.17, 15) is 21.6 Å². The van der Waals surface area contributed by atoms with Gasteiger partial charge < -0.3 is 0 Å². The summed E-state index contributed by atoms with van der Waals surface area (Å²) in [4.78, 5) is -0.453. The number of rotatable bonds is 3. The van der Waals surface area contributed by atoms with Gasteiger partial charge in [-0.3, -0.25) is 4.55 Å². The summed E-state index contributed by atoms with van der Waals surface area (Å²) in [5.74, 6) is 0. The van der Waals surface area contributed by atoms with Crippen molar-refractivity contribution in [2.24, 2.45) is 0 Å². The van der Waals surface area contributed by atoms with Crippen LogP contribution in [0.2, 0.25) is 0 Å². The van der Waals surface area contributed by atoms with Gasteiger partial charge in [-0.05, 0) is 24.1 Å². The second kappa shape index (κ2) is 4.76. The van der Waals surface area contributed by atoms with Crippen LogP contribution in [0.5, 0.6) is 0 Å². The molecule has 1 unspecified atom stereocenters. The fourth-order valence-electron chi connectivity index (χ4n) is 2.09. The Morgan fingerprint density at radius 2 is 1.90 bits per heavy atom. The second-order valence-corrected chi connectivity index (χ2v) is 7.94. The van der Waals surface area contributed by atoms with Gasteiger partial charge in [-0.2, -0.15) is 25.2 Å². The number of alkyl halides is 3. The van der Waals surface area contributed by atoms with Crippen molar-refractivity contribution in [1.29, 1.82) is 0 Å². The lowest BCUT2D eigenvalue weighted by atomic mass is 10.2. The van der Waals surface area contributed by atoms with E-state index in [0.29, 0.717) is 0 Å². The highest BCUT2D eigenvalue weighted by atomic mass is 32.3. The summed E-state index contributed by atoms with van der Waals surface area (Å²) in [6.07, 6.45) is 1.22. The zero-order valence-electron chi connectivity index (χ0n) is 10.2. The van der Waals surface area contributed by atoms with Crippen LogP contribution in [0.1, 0.15) is 18.9 Å². The Kier molecular flexibility index (Phi) is 3.66. The molecule has 0 saturated carbocycles. The van der Waals surface area contributed by atoms with Crippen LogP contribution in [0.4, 0.5) is 13.2 Å². The molecular weight excluding hydrogens is 317 g/mol. The number of hydrogen-bond donors (Lipinski definition) is 1. The maximum Gasteiger partial charge on any atom is 0.456 e. The molecule has 9 heteroatoms. The molecule has 0 aromatic heterocycles. The minimum absolute atomic E-state index is 0.0426.